The largest absolute Gasteiger partial charge is 0.472 e. The Labute approximate surface area is 666 Å². The molecule has 0 heterocycles. The van der Waals surface area contributed by atoms with Gasteiger partial charge in [-0.25, -0.2) is 9.13 Å². The summed E-state index contributed by atoms with van der Waals surface area (Å²) in [5.74, 6) is -1.56. The summed E-state index contributed by atoms with van der Waals surface area (Å²) in [6, 6.07) is 0. The molecule has 0 aromatic rings. The molecule has 0 aromatic carbocycles. The molecule has 0 aliphatic rings. The summed E-state index contributed by atoms with van der Waals surface area (Å²) in [6.45, 7) is 2.61. The van der Waals surface area contributed by atoms with E-state index < -0.39 is 91.5 Å². The monoisotopic (exact) mass is 1570 g/mol. The van der Waals surface area contributed by atoms with Crippen LogP contribution < -0.4 is 0 Å². The van der Waals surface area contributed by atoms with Crippen LogP contribution in [-0.4, -0.2) is 95.9 Å². The summed E-state index contributed by atoms with van der Waals surface area (Å²) in [4.78, 5) is 58.8. The molecule has 16 nitrogen and oxygen atoms in total. The number of aliphatic hydroxyl groups is 2. The van der Waals surface area contributed by atoms with Gasteiger partial charge in [0.15, 0.2) is 6.10 Å². The van der Waals surface area contributed by atoms with Crippen LogP contribution >= 0.6 is 15.6 Å². The number of hydrogen-bond acceptors (Lipinski definition) is 14. The number of allylic oxidation sites excluding steroid dienone is 18. The van der Waals surface area contributed by atoms with Crippen LogP contribution in [0.1, 0.15) is 393 Å². The lowest BCUT2D eigenvalue weighted by atomic mass is 10.0. The van der Waals surface area contributed by atoms with Gasteiger partial charge >= 0.3 is 33.6 Å². The van der Waals surface area contributed by atoms with Gasteiger partial charge in [0.05, 0.1) is 26.4 Å². The van der Waals surface area contributed by atoms with E-state index in [0.29, 0.717) is 19.3 Å². The minimum absolute atomic E-state index is 0.108. The summed E-state index contributed by atoms with van der Waals surface area (Å²) in [6.07, 6.45) is 100.0. The molecule has 632 valence electrons. The average molecular weight is 1570 g/mol. The van der Waals surface area contributed by atoms with Crippen molar-refractivity contribution in [3.8, 4) is 0 Å². The van der Waals surface area contributed by atoms with Crippen LogP contribution in [0.4, 0.5) is 0 Å². The Morgan fingerprint density at radius 3 is 0.789 bits per heavy atom. The van der Waals surface area contributed by atoms with Crippen LogP contribution in [0.5, 0.6) is 0 Å². The van der Waals surface area contributed by atoms with Crippen molar-refractivity contribution in [3.05, 3.63) is 109 Å². The number of rotatable bonds is 84. The van der Waals surface area contributed by atoms with Gasteiger partial charge in [-0.2, -0.15) is 0 Å². The Bertz CT molecular complexity index is 2420. The average Bonchev–Trinajstić information content (AvgIpc) is 0.904. The summed E-state index contributed by atoms with van der Waals surface area (Å²) in [5, 5.41) is 20.7. The van der Waals surface area contributed by atoms with E-state index in [1.807, 2.05) is 0 Å². The second-order valence-corrected chi connectivity index (χ2v) is 32.6. The van der Waals surface area contributed by atoms with Gasteiger partial charge in [-0.15, -0.1) is 0 Å². The molecular weight excluding hydrogens is 1410 g/mol. The van der Waals surface area contributed by atoms with Gasteiger partial charge in [-0.1, -0.05) is 374 Å². The third-order valence-corrected chi connectivity index (χ3v) is 20.9. The summed E-state index contributed by atoms with van der Waals surface area (Å²) in [7, 11) is -9.79. The van der Waals surface area contributed by atoms with E-state index in [1.54, 1.807) is 0 Å². The first-order valence-electron chi connectivity index (χ1n) is 44.2. The van der Waals surface area contributed by atoms with E-state index in [1.165, 1.54) is 205 Å². The van der Waals surface area contributed by atoms with E-state index in [2.05, 4.69) is 130 Å². The molecule has 18 heteroatoms. The van der Waals surface area contributed by atoms with Gasteiger partial charge in [0.25, 0.3) is 0 Å². The van der Waals surface area contributed by atoms with Gasteiger partial charge in [0.1, 0.15) is 25.4 Å². The number of carbonyl (C=O) groups excluding carboxylic acids is 3. The molecule has 0 aliphatic carbocycles. The summed E-state index contributed by atoms with van der Waals surface area (Å²) < 4.78 is 61.4. The normalized spacial score (nSPS) is 14.4. The number of hydrogen-bond donors (Lipinski definition) is 4. The number of ether oxygens (including phenoxy) is 3. The number of carbonyl (C=O) groups is 3. The lowest BCUT2D eigenvalue weighted by Crippen LogP contribution is -2.30. The second-order valence-electron chi connectivity index (χ2n) is 29.7. The quantitative estimate of drug-likeness (QED) is 0.0146. The lowest BCUT2D eigenvalue weighted by Gasteiger charge is -2.21. The molecule has 0 spiro atoms. The minimum atomic E-state index is -4.93. The maximum Gasteiger partial charge on any atom is 0.472 e. The molecular formula is C91H162O16P2. The second kappa shape index (κ2) is 83.6. The van der Waals surface area contributed by atoms with Crippen LogP contribution in [0.3, 0.4) is 0 Å². The zero-order valence-corrected chi connectivity index (χ0v) is 71.3. The first-order valence-corrected chi connectivity index (χ1v) is 47.2. The van der Waals surface area contributed by atoms with Gasteiger partial charge in [0.2, 0.25) is 0 Å². The maximum absolute atomic E-state index is 13.0. The highest BCUT2D eigenvalue weighted by molar-refractivity contribution is 7.47. The Morgan fingerprint density at radius 1 is 0.266 bits per heavy atom. The zero-order chi connectivity index (χ0) is 79.4. The van der Waals surface area contributed by atoms with Crippen LogP contribution in [-0.2, 0) is 55.8 Å². The van der Waals surface area contributed by atoms with E-state index in [0.717, 1.165) is 128 Å². The molecule has 4 N–H and O–H groups in total. The van der Waals surface area contributed by atoms with Crippen molar-refractivity contribution < 1.29 is 75.8 Å². The van der Waals surface area contributed by atoms with Gasteiger partial charge < -0.3 is 34.2 Å². The highest BCUT2D eigenvalue weighted by Crippen LogP contribution is 2.45. The third kappa shape index (κ3) is 84.9. The number of unbranched alkanes of at least 4 members (excludes halogenated alkanes) is 43. The molecule has 0 bridgehead atoms. The lowest BCUT2D eigenvalue weighted by molar-refractivity contribution is -0.161. The zero-order valence-electron chi connectivity index (χ0n) is 69.5. The molecule has 0 aromatic heterocycles. The van der Waals surface area contributed by atoms with Crippen molar-refractivity contribution in [2.45, 2.75) is 411 Å². The number of phosphoric acid groups is 2. The van der Waals surface area contributed by atoms with Crippen molar-refractivity contribution in [1.82, 2.24) is 0 Å². The van der Waals surface area contributed by atoms with E-state index >= 15 is 0 Å². The highest BCUT2D eigenvalue weighted by atomic mass is 31.2. The predicted molar refractivity (Wildman–Crippen MR) is 454 cm³/mol. The molecule has 109 heavy (non-hydrogen) atoms. The highest BCUT2D eigenvalue weighted by Gasteiger charge is 2.29. The Balaban J connectivity index is 4.47. The SMILES string of the molecule is CC/C=C\C/C=C\C/C=C\C/C=C\C/C=C\CCCCCCCCCCCCCC(=O)OCC(COP(=O)(O)OCC(O)COP(=O)(O)OCC(O)COC(=O)CCCCCCCCCCCCCCCCC/C=C\C/C=C\C/C=C\C/C=C\CCCCC)OC(=O)CCCCCCCCCCCCCCCCC. The van der Waals surface area contributed by atoms with Crippen molar-refractivity contribution in [1.29, 1.82) is 0 Å². The standard InChI is InChI=1S/C91H162O16P2/c1-4-7-10-13-16-19-22-25-28-30-32-34-36-38-40-41-42-43-45-47-48-50-52-54-57-59-62-65-68-71-74-77-89(94)101-80-86(92)81-103-108(97,98)104-82-87(93)83-105-109(99,100)106-85-88(107-91(96)79-76-73-70-67-64-61-56-27-24-21-18-15-12-9-6-3)84-102-90(95)78-75-72-69-66-63-60-58-55-53-51-49-46-44-39-37-35-33-31-29-26-23-20-17-14-11-8-5-2/h8,11,16-17,19-20,25-26,28-29,32-35,38-40,44,86-88,92-93H,4-7,9-10,12-15,18,21-24,27,30-31,36-37,41-43,45-85H2,1-3H3,(H,97,98)(H,99,100)/b11-8-,19-16-,20-17-,28-25-,29-26-,34-32-,35-33-,40-38-,44-39-. The summed E-state index contributed by atoms with van der Waals surface area (Å²) in [5.41, 5.74) is 0. The fraction of sp³-hybridized carbons (Fsp3) is 0.769. The van der Waals surface area contributed by atoms with Crippen LogP contribution in [0.2, 0.25) is 0 Å². The Morgan fingerprint density at radius 2 is 0.486 bits per heavy atom. The van der Waals surface area contributed by atoms with Gasteiger partial charge in [-0.05, 0) is 109 Å². The van der Waals surface area contributed by atoms with Crippen LogP contribution in [0.25, 0.3) is 0 Å². The fourth-order valence-electron chi connectivity index (χ4n) is 12.3. The van der Waals surface area contributed by atoms with Gasteiger partial charge in [0, 0.05) is 19.3 Å². The maximum atomic E-state index is 13.0. The molecule has 0 radical (unpaired) electrons. The van der Waals surface area contributed by atoms with Crippen molar-refractivity contribution >= 4 is 33.6 Å². The molecule has 0 saturated carbocycles. The predicted octanol–water partition coefficient (Wildman–Crippen LogP) is 26.7. The molecule has 0 saturated heterocycles. The number of esters is 3. The Kier molecular flexibility index (Phi) is 80.7. The van der Waals surface area contributed by atoms with Gasteiger partial charge in [-0.3, -0.25) is 32.5 Å². The first kappa shape index (κ1) is 105. The van der Waals surface area contributed by atoms with Crippen molar-refractivity contribution in [2.24, 2.45) is 0 Å². The molecule has 0 rings (SSSR count). The summed E-state index contributed by atoms with van der Waals surface area (Å²) >= 11 is 0. The number of aliphatic hydroxyl groups excluding tert-OH is 2. The smallest absolute Gasteiger partial charge is 0.463 e. The molecule has 5 atom stereocenters. The Hall–Kier alpha value is -3.79. The molecule has 5 unspecified atom stereocenters. The van der Waals surface area contributed by atoms with E-state index in [-0.39, 0.29) is 19.3 Å². The molecule has 0 amide bonds. The topological polar surface area (TPSA) is 231 Å². The molecule has 0 aliphatic heterocycles. The first-order chi connectivity index (χ1) is 53.2. The molecule has 0 fully saturated rings. The van der Waals surface area contributed by atoms with Crippen molar-refractivity contribution in [2.75, 3.05) is 39.6 Å². The van der Waals surface area contributed by atoms with Crippen molar-refractivity contribution in [3.63, 3.8) is 0 Å². The number of phosphoric ester groups is 2. The van der Waals surface area contributed by atoms with Crippen LogP contribution in [0.15, 0.2) is 109 Å². The fourth-order valence-corrected chi connectivity index (χ4v) is 13.9. The van der Waals surface area contributed by atoms with Crippen LogP contribution in [0, 0.1) is 0 Å². The third-order valence-electron chi connectivity index (χ3n) is 19.0. The minimum Gasteiger partial charge on any atom is -0.463 e. The van der Waals surface area contributed by atoms with E-state index in [9.17, 15) is 43.5 Å². The van der Waals surface area contributed by atoms with E-state index in [4.69, 9.17) is 32.3 Å².